The second-order valence-corrected chi connectivity index (χ2v) is 6.04. The van der Waals surface area contributed by atoms with Crippen LogP contribution in [0.15, 0.2) is 12.1 Å². The molecular weight excluding hydrogens is 234 g/mol. The maximum Gasteiger partial charge on any atom is 0.0907 e. The first kappa shape index (κ1) is 12.1. The average Bonchev–Trinajstić information content (AvgIpc) is 2.52. The minimum atomic E-state index is -0.764. The quantitative estimate of drug-likeness (QED) is 0.732. The van der Waals surface area contributed by atoms with E-state index < -0.39 is 5.60 Å². The zero-order chi connectivity index (χ0) is 12.6. The van der Waals surface area contributed by atoms with Crippen molar-refractivity contribution in [3.63, 3.8) is 0 Å². The van der Waals surface area contributed by atoms with Gasteiger partial charge in [0.1, 0.15) is 0 Å². The number of benzene rings is 1. The number of anilines is 2. The fourth-order valence-corrected chi connectivity index (χ4v) is 2.43. The minimum absolute atomic E-state index is 0.450. The summed E-state index contributed by atoms with van der Waals surface area (Å²) in [5, 5.41) is 13.8. The molecule has 92 valence electrons. The molecule has 1 aromatic heterocycles. The van der Waals surface area contributed by atoms with Crippen LogP contribution < -0.4 is 11.1 Å². The van der Waals surface area contributed by atoms with Crippen LogP contribution in [0.2, 0.25) is 0 Å². The third kappa shape index (κ3) is 2.87. The molecule has 0 aliphatic heterocycles. The van der Waals surface area contributed by atoms with Gasteiger partial charge < -0.3 is 16.2 Å². The van der Waals surface area contributed by atoms with E-state index in [-0.39, 0.29) is 0 Å². The van der Waals surface area contributed by atoms with Crippen molar-refractivity contribution in [1.29, 1.82) is 0 Å². The van der Waals surface area contributed by atoms with E-state index in [0.717, 1.165) is 20.9 Å². The van der Waals surface area contributed by atoms with Gasteiger partial charge in [0, 0.05) is 6.54 Å². The monoisotopic (exact) mass is 251 g/mol. The lowest BCUT2D eigenvalue weighted by atomic mass is 10.1. The van der Waals surface area contributed by atoms with Crippen LogP contribution in [0.4, 0.5) is 11.4 Å². The summed E-state index contributed by atoms with van der Waals surface area (Å²) in [6, 6.07) is 3.85. The molecule has 0 fully saturated rings. The molecule has 5 heteroatoms. The van der Waals surface area contributed by atoms with Crippen molar-refractivity contribution >= 4 is 32.9 Å². The topological polar surface area (TPSA) is 71.2 Å². The molecule has 0 saturated heterocycles. The van der Waals surface area contributed by atoms with E-state index in [1.807, 2.05) is 19.1 Å². The van der Waals surface area contributed by atoms with Gasteiger partial charge in [0.15, 0.2) is 0 Å². The van der Waals surface area contributed by atoms with E-state index in [9.17, 15) is 5.11 Å². The molecule has 0 amide bonds. The van der Waals surface area contributed by atoms with Crippen molar-refractivity contribution in [2.24, 2.45) is 0 Å². The van der Waals surface area contributed by atoms with Gasteiger partial charge in [-0.2, -0.15) is 0 Å². The number of aliphatic hydroxyl groups is 1. The maximum atomic E-state index is 9.67. The fourth-order valence-electron chi connectivity index (χ4n) is 1.57. The summed E-state index contributed by atoms with van der Waals surface area (Å²) in [4.78, 5) is 4.42. The number of hydrogen-bond donors (Lipinski definition) is 3. The Balaban J connectivity index is 2.30. The van der Waals surface area contributed by atoms with Gasteiger partial charge in [-0.1, -0.05) is 0 Å². The van der Waals surface area contributed by atoms with E-state index >= 15 is 0 Å². The summed E-state index contributed by atoms with van der Waals surface area (Å²) in [7, 11) is 0. The van der Waals surface area contributed by atoms with Crippen LogP contribution in [-0.2, 0) is 0 Å². The van der Waals surface area contributed by atoms with E-state index in [4.69, 9.17) is 5.73 Å². The lowest BCUT2D eigenvalue weighted by molar-refractivity contribution is 0.0945. The van der Waals surface area contributed by atoms with E-state index in [2.05, 4.69) is 10.3 Å². The van der Waals surface area contributed by atoms with Crippen LogP contribution in [-0.4, -0.2) is 22.2 Å². The highest BCUT2D eigenvalue weighted by atomic mass is 32.1. The number of rotatable bonds is 3. The van der Waals surface area contributed by atoms with Crippen LogP contribution in [0.1, 0.15) is 18.9 Å². The lowest BCUT2D eigenvalue weighted by Gasteiger charge is -2.19. The molecule has 2 aromatic rings. The molecule has 1 aromatic carbocycles. The smallest absolute Gasteiger partial charge is 0.0907 e. The number of aryl methyl sites for hydroxylation is 1. The van der Waals surface area contributed by atoms with Gasteiger partial charge in [-0.25, -0.2) is 4.98 Å². The number of aromatic nitrogens is 1. The second-order valence-electron chi connectivity index (χ2n) is 4.81. The second kappa shape index (κ2) is 4.16. The van der Waals surface area contributed by atoms with Crippen molar-refractivity contribution in [2.75, 3.05) is 17.6 Å². The number of thiazole rings is 1. The van der Waals surface area contributed by atoms with Gasteiger partial charge in [0.05, 0.1) is 32.2 Å². The summed E-state index contributed by atoms with van der Waals surface area (Å²) in [5.41, 5.74) is 7.65. The van der Waals surface area contributed by atoms with Crippen molar-refractivity contribution in [3.8, 4) is 0 Å². The molecule has 0 radical (unpaired) electrons. The van der Waals surface area contributed by atoms with Gasteiger partial charge in [-0.05, 0) is 32.9 Å². The average molecular weight is 251 g/mol. The molecule has 0 saturated carbocycles. The highest BCUT2D eigenvalue weighted by Crippen LogP contribution is 2.29. The molecule has 17 heavy (non-hydrogen) atoms. The Kier molecular flexibility index (Phi) is 2.97. The van der Waals surface area contributed by atoms with Crippen molar-refractivity contribution in [2.45, 2.75) is 26.4 Å². The molecular formula is C12H17N3OS. The lowest BCUT2D eigenvalue weighted by Crippen LogP contribution is -2.29. The molecule has 0 aliphatic rings. The standard InChI is InChI=1S/C12H17N3OS/c1-7-15-10-5-9(14-6-12(2,3)16)8(13)4-11(10)17-7/h4-5,14,16H,6,13H2,1-3H3. The zero-order valence-corrected chi connectivity index (χ0v) is 11.1. The SMILES string of the molecule is Cc1nc2cc(NCC(C)(C)O)c(N)cc2s1. The van der Waals surface area contributed by atoms with Gasteiger partial charge in [0.2, 0.25) is 0 Å². The highest BCUT2D eigenvalue weighted by Gasteiger charge is 2.13. The number of nitrogens with zero attached hydrogens (tertiary/aromatic N) is 1. The van der Waals surface area contributed by atoms with Crippen molar-refractivity contribution in [3.05, 3.63) is 17.1 Å². The fraction of sp³-hybridized carbons (Fsp3) is 0.417. The first-order chi connectivity index (χ1) is 7.85. The highest BCUT2D eigenvalue weighted by molar-refractivity contribution is 7.18. The van der Waals surface area contributed by atoms with Crippen LogP contribution in [0.25, 0.3) is 10.2 Å². The van der Waals surface area contributed by atoms with Crippen LogP contribution in [0.5, 0.6) is 0 Å². The predicted molar refractivity (Wildman–Crippen MR) is 73.6 cm³/mol. The van der Waals surface area contributed by atoms with Crippen LogP contribution in [0.3, 0.4) is 0 Å². The Morgan fingerprint density at radius 1 is 1.47 bits per heavy atom. The van der Waals surface area contributed by atoms with Crippen molar-refractivity contribution < 1.29 is 5.11 Å². The summed E-state index contributed by atoms with van der Waals surface area (Å²) in [5.74, 6) is 0. The summed E-state index contributed by atoms with van der Waals surface area (Å²) in [6.07, 6.45) is 0. The van der Waals surface area contributed by atoms with Gasteiger partial charge in [0.25, 0.3) is 0 Å². The Hall–Kier alpha value is -1.33. The van der Waals surface area contributed by atoms with Gasteiger partial charge in [-0.15, -0.1) is 11.3 Å². The number of fused-ring (bicyclic) bond motifs is 1. The summed E-state index contributed by atoms with van der Waals surface area (Å²) >= 11 is 1.63. The Morgan fingerprint density at radius 2 is 2.18 bits per heavy atom. The Morgan fingerprint density at radius 3 is 2.82 bits per heavy atom. The molecule has 1 heterocycles. The maximum absolute atomic E-state index is 9.67. The number of nitrogens with two attached hydrogens (primary N) is 1. The minimum Gasteiger partial charge on any atom is -0.397 e. The number of nitrogen functional groups attached to an aromatic ring is 1. The molecule has 0 spiro atoms. The third-order valence-corrected chi connectivity index (χ3v) is 3.31. The summed E-state index contributed by atoms with van der Waals surface area (Å²) < 4.78 is 1.09. The number of hydrogen-bond acceptors (Lipinski definition) is 5. The molecule has 0 unspecified atom stereocenters. The van der Waals surface area contributed by atoms with E-state index in [1.165, 1.54) is 0 Å². The van der Waals surface area contributed by atoms with E-state index in [1.54, 1.807) is 25.2 Å². The van der Waals surface area contributed by atoms with E-state index in [0.29, 0.717) is 12.2 Å². The molecule has 2 rings (SSSR count). The Labute approximate surface area is 104 Å². The normalized spacial score (nSPS) is 12.0. The largest absolute Gasteiger partial charge is 0.397 e. The zero-order valence-electron chi connectivity index (χ0n) is 10.2. The van der Waals surface area contributed by atoms with Crippen molar-refractivity contribution in [1.82, 2.24) is 4.98 Å². The molecule has 0 bridgehead atoms. The summed E-state index contributed by atoms with van der Waals surface area (Å²) in [6.45, 7) is 5.93. The van der Waals surface area contributed by atoms with Gasteiger partial charge in [-0.3, -0.25) is 0 Å². The van der Waals surface area contributed by atoms with Crippen LogP contribution >= 0.6 is 11.3 Å². The first-order valence-electron chi connectivity index (χ1n) is 5.48. The molecule has 4 N–H and O–H groups in total. The van der Waals surface area contributed by atoms with Gasteiger partial charge >= 0.3 is 0 Å². The first-order valence-corrected chi connectivity index (χ1v) is 6.30. The van der Waals surface area contributed by atoms with Crippen LogP contribution in [0, 0.1) is 6.92 Å². The molecule has 0 aliphatic carbocycles. The third-order valence-electron chi connectivity index (χ3n) is 2.38. The predicted octanol–water partition coefficient (Wildman–Crippen LogP) is 2.37. The molecule has 4 nitrogen and oxygen atoms in total. The molecule has 0 atom stereocenters. The Bertz CT molecular complexity index is 542. The number of nitrogens with one attached hydrogen (secondary N) is 1.